The highest BCUT2D eigenvalue weighted by Gasteiger charge is 2.25. The average Bonchev–Trinajstić information content (AvgIpc) is 3.67. The third-order valence-corrected chi connectivity index (χ3v) is 8.32. The standard InChI is InChI=1S/C29H35N11O/c41-28(39-10-6-25-27(18-39)35-37-34-25)19-40-16-24(26(36-40)17-38-9-3-7-30-8-11-38)22-14-31-29(32-15-22)33-23-12-20-4-1-2-5-21(20)13-23/h1-2,4-5,14-16,23,30H,3,6-13,17-19H2,(H,31,32,33)(H,34,35,37). The van der Waals surface area contributed by atoms with Gasteiger partial charge in [-0.2, -0.15) is 5.10 Å². The molecule has 2 aliphatic heterocycles. The first-order valence-corrected chi connectivity index (χ1v) is 14.5. The Morgan fingerprint density at radius 1 is 1.05 bits per heavy atom. The molecule has 1 saturated heterocycles. The Morgan fingerprint density at radius 3 is 2.71 bits per heavy atom. The molecule has 0 radical (unpaired) electrons. The number of amides is 1. The largest absolute Gasteiger partial charge is 0.351 e. The number of benzene rings is 1. The summed E-state index contributed by atoms with van der Waals surface area (Å²) in [5.41, 5.74) is 7.44. The van der Waals surface area contributed by atoms with Gasteiger partial charge in [-0.15, -0.1) is 5.10 Å². The molecule has 1 aliphatic carbocycles. The van der Waals surface area contributed by atoms with Crippen LogP contribution in [-0.4, -0.2) is 89.6 Å². The van der Waals surface area contributed by atoms with Crippen molar-refractivity contribution in [1.82, 2.24) is 50.3 Å². The van der Waals surface area contributed by atoms with Crippen LogP contribution in [0.4, 0.5) is 5.95 Å². The van der Waals surface area contributed by atoms with Gasteiger partial charge in [-0.3, -0.25) is 19.5 Å². The van der Waals surface area contributed by atoms with E-state index < -0.39 is 0 Å². The van der Waals surface area contributed by atoms with E-state index >= 15 is 0 Å². The van der Waals surface area contributed by atoms with E-state index in [-0.39, 0.29) is 12.5 Å². The summed E-state index contributed by atoms with van der Waals surface area (Å²) in [5, 5.41) is 22.8. The first-order valence-electron chi connectivity index (χ1n) is 14.5. The fourth-order valence-electron chi connectivity index (χ4n) is 6.11. The molecule has 0 spiro atoms. The summed E-state index contributed by atoms with van der Waals surface area (Å²) in [7, 11) is 0. The Bertz CT molecular complexity index is 1480. The molecule has 0 bridgehead atoms. The first kappa shape index (κ1) is 25.8. The number of hydrogen-bond donors (Lipinski definition) is 3. The second kappa shape index (κ2) is 11.4. The van der Waals surface area contributed by atoms with Gasteiger partial charge in [0.15, 0.2) is 0 Å². The van der Waals surface area contributed by atoms with Gasteiger partial charge in [-0.05, 0) is 43.5 Å². The summed E-state index contributed by atoms with van der Waals surface area (Å²) in [6.45, 7) is 5.96. The van der Waals surface area contributed by atoms with E-state index in [0.29, 0.717) is 31.6 Å². The van der Waals surface area contributed by atoms with E-state index in [4.69, 9.17) is 5.10 Å². The van der Waals surface area contributed by atoms with Gasteiger partial charge in [0.2, 0.25) is 11.9 Å². The minimum Gasteiger partial charge on any atom is -0.351 e. The third-order valence-electron chi connectivity index (χ3n) is 8.32. The van der Waals surface area contributed by atoms with E-state index in [1.165, 1.54) is 11.1 Å². The summed E-state index contributed by atoms with van der Waals surface area (Å²) in [5.74, 6) is 0.651. The molecule has 5 heterocycles. The quantitative estimate of drug-likeness (QED) is 0.311. The van der Waals surface area contributed by atoms with Crippen molar-refractivity contribution in [3.8, 4) is 11.1 Å². The predicted octanol–water partition coefficient (Wildman–Crippen LogP) is 1.42. The highest BCUT2D eigenvalue weighted by Crippen LogP contribution is 2.26. The van der Waals surface area contributed by atoms with E-state index in [1.807, 2.05) is 23.5 Å². The Labute approximate surface area is 238 Å². The maximum Gasteiger partial charge on any atom is 0.244 e. The topological polar surface area (TPSA) is 133 Å². The van der Waals surface area contributed by atoms with Gasteiger partial charge in [0.25, 0.3) is 0 Å². The third kappa shape index (κ3) is 5.70. The fourth-order valence-corrected chi connectivity index (χ4v) is 6.11. The van der Waals surface area contributed by atoms with Crippen molar-refractivity contribution in [3.63, 3.8) is 0 Å². The maximum absolute atomic E-state index is 13.2. The SMILES string of the molecule is O=C(Cn1cc(-c2cnc(NC3Cc4ccccc4C3)nc2)c(CN2CCCNCC2)n1)N1CCc2[nH]nnc2C1. The van der Waals surface area contributed by atoms with E-state index in [2.05, 4.69) is 65.2 Å². The van der Waals surface area contributed by atoms with Gasteiger partial charge in [0.05, 0.1) is 17.9 Å². The summed E-state index contributed by atoms with van der Waals surface area (Å²) in [6.07, 6.45) is 9.49. The van der Waals surface area contributed by atoms with Crippen LogP contribution < -0.4 is 10.6 Å². The molecule has 0 atom stereocenters. The second-order valence-electron chi connectivity index (χ2n) is 11.2. The lowest BCUT2D eigenvalue weighted by Crippen LogP contribution is -2.38. The molecular weight excluding hydrogens is 518 g/mol. The summed E-state index contributed by atoms with van der Waals surface area (Å²) in [4.78, 5) is 26.8. The number of rotatable bonds is 7. The molecule has 1 amide bonds. The number of nitrogens with one attached hydrogen (secondary N) is 3. The van der Waals surface area contributed by atoms with Crippen molar-refractivity contribution in [3.05, 3.63) is 71.1 Å². The van der Waals surface area contributed by atoms with Crippen LogP contribution in [0.1, 0.15) is 34.6 Å². The lowest BCUT2D eigenvalue weighted by atomic mass is 10.1. The van der Waals surface area contributed by atoms with E-state index in [1.54, 1.807) is 4.68 Å². The number of aromatic nitrogens is 7. The van der Waals surface area contributed by atoms with Gasteiger partial charge in [-0.25, -0.2) is 9.97 Å². The van der Waals surface area contributed by atoms with Gasteiger partial charge in [0.1, 0.15) is 12.2 Å². The monoisotopic (exact) mass is 553 g/mol. The zero-order valence-electron chi connectivity index (χ0n) is 23.1. The number of anilines is 1. The van der Waals surface area contributed by atoms with Crippen LogP contribution >= 0.6 is 0 Å². The zero-order chi connectivity index (χ0) is 27.6. The molecular formula is C29H35N11O. The average molecular weight is 554 g/mol. The minimum atomic E-state index is 0.0200. The van der Waals surface area contributed by atoms with Crippen LogP contribution in [0, 0.1) is 0 Å². The van der Waals surface area contributed by atoms with Crippen LogP contribution in [0.15, 0.2) is 42.9 Å². The molecule has 212 valence electrons. The number of H-pyrrole nitrogens is 1. The molecule has 7 rings (SSSR count). The molecule has 4 aromatic rings. The Balaban J connectivity index is 1.08. The number of hydrogen-bond acceptors (Lipinski definition) is 9. The molecule has 12 heteroatoms. The van der Waals surface area contributed by atoms with Crippen molar-refractivity contribution >= 4 is 11.9 Å². The van der Waals surface area contributed by atoms with Gasteiger partial charge in [0, 0.05) is 68.4 Å². The lowest BCUT2D eigenvalue weighted by Gasteiger charge is -2.25. The number of carbonyl (C=O) groups is 1. The highest BCUT2D eigenvalue weighted by atomic mass is 16.2. The number of fused-ring (bicyclic) bond motifs is 2. The molecule has 3 aliphatic rings. The first-order chi connectivity index (χ1) is 20.2. The molecule has 12 nitrogen and oxygen atoms in total. The number of aromatic amines is 1. The van der Waals surface area contributed by atoms with Crippen LogP contribution in [0.25, 0.3) is 11.1 Å². The highest BCUT2D eigenvalue weighted by molar-refractivity contribution is 5.76. The van der Waals surface area contributed by atoms with Gasteiger partial charge < -0.3 is 15.5 Å². The lowest BCUT2D eigenvalue weighted by molar-refractivity contribution is -0.133. The molecule has 3 N–H and O–H groups in total. The molecule has 0 saturated carbocycles. The molecule has 41 heavy (non-hydrogen) atoms. The van der Waals surface area contributed by atoms with Crippen LogP contribution in [0.2, 0.25) is 0 Å². The van der Waals surface area contributed by atoms with Gasteiger partial charge >= 0.3 is 0 Å². The minimum absolute atomic E-state index is 0.0200. The van der Waals surface area contributed by atoms with Crippen molar-refractivity contribution in [1.29, 1.82) is 0 Å². The molecule has 1 aromatic carbocycles. The van der Waals surface area contributed by atoms with Crippen LogP contribution in [0.3, 0.4) is 0 Å². The molecule has 1 fully saturated rings. The van der Waals surface area contributed by atoms with Crippen molar-refractivity contribution in [2.24, 2.45) is 0 Å². The molecule has 3 aromatic heterocycles. The van der Waals surface area contributed by atoms with Crippen LogP contribution in [-0.2, 0) is 43.7 Å². The Kier molecular flexibility index (Phi) is 7.15. The van der Waals surface area contributed by atoms with Crippen molar-refractivity contribution in [2.45, 2.75) is 51.4 Å². The smallest absolute Gasteiger partial charge is 0.244 e. The Hall–Kier alpha value is -4.16. The maximum atomic E-state index is 13.2. The number of nitrogens with zero attached hydrogens (tertiary/aromatic N) is 8. The summed E-state index contributed by atoms with van der Waals surface area (Å²) < 4.78 is 1.77. The van der Waals surface area contributed by atoms with E-state index in [0.717, 1.165) is 80.1 Å². The predicted molar refractivity (Wildman–Crippen MR) is 153 cm³/mol. The van der Waals surface area contributed by atoms with Crippen LogP contribution in [0.5, 0.6) is 0 Å². The van der Waals surface area contributed by atoms with Gasteiger partial charge in [-0.1, -0.05) is 29.5 Å². The fraction of sp³-hybridized carbons (Fsp3) is 0.448. The van der Waals surface area contributed by atoms with E-state index in [9.17, 15) is 4.79 Å². The Morgan fingerprint density at radius 2 is 1.88 bits per heavy atom. The number of carbonyl (C=O) groups excluding carboxylic acids is 1. The van der Waals surface area contributed by atoms with Crippen molar-refractivity contribution in [2.75, 3.05) is 38.0 Å². The normalized spacial score (nSPS) is 17.7. The van der Waals surface area contributed by atoms with Crippen molar-refractivity contribution < 1.29 is 4.79 Å². The molecule has 0 unspecified atom stereocenters. The summed E-state index contributed by atoms with van der Waals surface area (Å²) in [6, 6.07) is 8.88. The second-order valence-corrected chi connectivity index (χ2v) is 11.2. The summed E-state index contributed by atoms with van der Waals surface area (Å²) >= 11 is 0. The zero-order valence-corrected chi connectivity index (χ0v) is 23.1.